The molecule has 0 saturated heterocycles. The van der Waals surface area contributed by atoms with E-state index in [0.29, 0.717) is 12.8 Å². The lowest BCUT2D eigenvalue weighted by Gasteiger charge is -2.38. The molecule has 1 unspecified atom stereocenters. The van der Waals surface area contributed by atoms with Crippen molar-refractivity contribution in [2.75, 3.05) is 0 Å². The summed E-state index contributed by atoms with van der Waals surface area (Å²) in [7, 11) is 0. The van der Waals surface area contributed by atoms with Gasteiger partial charge in [0.05, 0.1) is 17.7 Å². The number of carbonyl (C=O) groups excluding carboxylic acids is 1. The van der Waals surface area contributed by atoms with Crippen molar-refractivity contribution >= 4 is 16.8 Å². The lowest BCUT2D eigenvalue weighted by atomic mass is 9.75. The number of hydrogen-bond acceptors (Lipinski definition) is 3. The molecule has 1 aliphatic carbocycles. The van der Waals surface area contributed by atoms with Gasteiger partial charge in [0, 0.05) is 17.1 Å². The highest BCUT2D eigenvalue weighted by Gasteiger charge is 2.36. The Morgan fingerprint density at radius 3 is 2.73 bits per heavy atom. The maximum atomic E-state index is 13.4. The van der Waals surface area contributed by atoms with E-state index in [4.69, 9.17) is 0 Å². The Morgan fingerprint density at radius 2 is 1.96 bits per heavy atom. The summed E-state index contributed by atoms with van der Waals surface area (Å²) >= 11 is 0. The Hall–Kier alpha value is -2.79. The summed E-state index contributed by atoms with van der Waals surface area (Å²) in [6, 6.07) is 15.2. The first-order valence-corrected chi connectivity index (χ1v) is 8.69. The number of halogens is 1. The highest BCUT2D eigenvalue weighted by atomic mass is 19.1. The van der Waals surface area contributed by atoms with Gasteiger partial charge in [-0.1, -0.05) is 24.3 Å². The quantitative estimate of drug-likeness (QED) is 0.755. The van der Waals surface area contributed by atoms with Crippen molar-refractivity contribution in [3.05, 3.63) is 77.7 Å². The lowest BCUT2D eigenvalue weighted by molar-refractivity contribution is 0.0235. The van der Waals surface area contributed by atoms with Gasteiger partial charge in [0.1, 0.15) is 5.82 Å². The first-order chi connectivity index (χ1) is 12.6. The summed E-state index contributed by atoms with van der Waals surface area (Å²) in [4.78, 5) is 17.1. The number of carbonyl (C=O) groups is 1. The van der Waals surface area contributed by atoms with E-state index in [1.807, 2.05) is 30.3 Å². The van der Waals surface area contributed by atoms with Gasteiger partial charge in [-0.3, -0.25) is 9.78 Å². The van der Waals surface area contributed by atoms with Crippen LogP contribution in [0.2, 0.25) is 0 Å². The van der Waals surface area contributed by atoms with Crippen LogP contribution in [0.5, 0.6) is 0 Å². The molecule has 4 rings (SSSR count). The van der Waals surface area contributed by atoms with E-state index >= 15 is 0 Å². The molecule has 0 radical (unpaired) electrons. The lowest BCUT2D eigenvalue weighted by Crippen LogP contribution is -2.41. The Labute approximate surface area is 150 Å². The Morgan fingerprint density at radius 1 is 1.15 bits per heavy atom. The van der Waals surface area contributed by atoms with Gasteiger partial charge < -0.3 is 10.4 Å². The van der Waals surface area contributed by atoms with E-state index in [-0.39, 0.29) is 29.5 Å². The molecule has 1 aromatic heterocycles. The van der Waals surface area contributed by atoms with Gasteiger partial charge in [-0.15, -0.1) is 0 Å². The second kappa shape index (κ2) is 6.84. The van der Waals surface area contributed by atoms with E-state index in [1.54, 1.807) is 12.3 Å². The fourth-order valence-corrected chi connectivity index (χ4v) is 3.49. The molecule has 5 heteroatoms. The number of hydrogen-bond donors (Lipinski definition) is 2. The van der Waals surface area contributed by atoms with Gasteiger partial charge >= 0.3 is 0 Å². The minimum Gasteiger partial charge on any atom is -0.393 e. The van der Waals surface area contributed by atoms with Crippen molar-refractivity contribution in [3.8, 4) is 0 Å². The van der Waals surface area contributed by atoms with E-state index in [0.717, 1.165) is 16.5 Å². The molecule has 1 amide bonds. The topological polar surface area (TPSA) is 62.2 Å². The first-order valence-electron chi connectivity index (χ1n) is 8.69. The zero-order chi connectivity index (χ0) is 18.1. The summed E-state index contributed by atoms with van der Waals surface area (Å²) in [5, 5.41) is 13.7. The third-order valence-corrected chi connectivity index (χ3v) is 4.97. The molecule has 0 bridgehead atoms. The number of pyridine rings is 1. The number of nitrogens with one attached hydrogen (secondary N) is 1. The molecular weight excluding hydrogens is 331 g/mol. The van der Waals surface area contributed by atoms with Crippen molar-refractivity contribution in [2.45, 2.75) is 25.0 Å². The second-order valence-electron chi connectivity index (χ2n) is 6.81. The molecule has 1 aliphatic rings. The number of rotatable bonds is 4. The number of amides is 1. The minimum atomic E-state index is -0.444. The number of fused-ring (bicyclic) bond motifs is 1. The van der Waals surface area contributed by atoms with Crippen LogP contribution in [0.3, 0.4) is 0 Å². The van der Waals surface area contributed by atoms with Crippen molar-refractivity contribution < 1.29 is 14.3 Å². The highest BCUT2D eigenvalue weighted by Crippen LogP contribution is 2.38. The molecule has 0 spiro atoms. The SMILES string of the molecule is O=C(NC(c1cnc2ccccc2c1)C1CC(O)C1)c1cccc(F)c1. The fraction of sp³-hybridized carbons (Fsp3) is 0.238. The third kappa shape index (κ3) is 3.30. The molecule has 2 N–H and O–H groups in total. The van der Waals surface area contributed by atoms with Crippen molar-refractivity contribution in [1.82, 2.24) is 10.3 Å². The molecule has 1 atom stereocenters. The van der Waals surface area contributed by atoms with Crippen LogP contribution in [-0.2, 0) is 0 Å². The first kappa shape index (κ1) is 16.7. The van der Waals surface area contributed by atoms with E-state index in [9.17, 15) is 14.3 Å². The van der Waals surface area contributed by atoms with Gasteiger partial charge in [-0.2, -0.15) is 0 Å². The standard InChI is InChI=1S/C21H19FN2O2/c22-17-6-3-5-14(9-17)21(26)24-20(15-10-18(25)11-15)16-8-13-4-1-2-7-19(13)23-12-16/h1-9,12,15,18,20,25H,10-11H2,(H,24,26). The molecule has 1 heterocycles. The van der Waals surface area contributed by atoms with Gasteiger partial charge in [0.25, 0.3) is 5.91 Å². The third-order valence-electron chi connectivity index (χ3n) is 4.97. The smallest absolute Gasteiger partial charge is 0.251 e. The summed E-state index contributed by atoms with van der Waals surface area (Å²) < 4.78 is 13.4. The Balaban J connectivity index is 1.64. The van der Waals surface area contributed by atoms with Crippen molar-refractivity contribution in [1.29, 1.82) is 0 Å². The predicted molar refractivity (Wildman–Crippen MR) is 97.1 cm³/mol. The van der Waals surface area contributed by atoms with Crippen LogP contribution < -0.4 is 5.32 Å². The molecule has 4 nitrogen and oxygen atoms in total. The number of benzene rings is 2. The van der Waals surface area contributed by atoms with Crippen LogP contribution in [0.4, 0.5) is 4.39 Å². The van der Waals surface area contributed by atoms with Gasteiger partial charge in [-0.25, -0.2) is 4.39 Å². The van der Waals surface area contributed by atoms with Crippen molar-refractivity contribution in [2.24, 2.45) is 5.92 Å². The summed E-state index contributed by atoms with van der Waals surface area (Å²) in [5.74, 6) is -0.643. The number of aliphatic hydroxyl groups is 1. The Kier molecular flexibility index (Phi) is 4.39. The molecular formula is C21H19FN2O2. The maximum Gasteiger partial charge on any atom is 0.251 e. The summed E-state index contributed by atoms with van der Waals surface area (Å²) in [5.41, 5.74) is 2.06. The molecule has 3 aromatic rings. The van der Waals surface area contributed by atoms with E-state index in [1.165, 1.54) is 18.2 Å². The minimum absolute atomic E-state index is 0.130. The number of para-hydroxylation sites is 1. The monoisotopic (exact) mass is 350 g/mol. The van der Waals surface area contributed by atoms with Gasteiger partial charge in [0.2, 0.25) is 0 Å². The van der Waals surface area contributed by atoms with Crippen LogP contribution in [-0.4, -0.2) is 22.1 Å². The molecule has 2 aromatic carbocycles. The zero-order valence-electron chi connectivity index (χ0n) is 14.1. The average Bonchev–Trinajstić information content (AvgIpc) is 2.63. The molecule has 0 aliphatic heterocycles. The number of nitrogens with zero attached hydrogens (tertiary/aromatic N) is 1. The Bertz CT molecular complexity index is 953. The van der Waals surface area contributed by atoms with Crippen LogP contribution >= 0.6 is 0 Å². The average molecular weight is 350 g/mol. The predicted octanol–water partition coefficient (Wildman–Crippen LogP) is 3.62. The summed E-state index contributed by atoms with van der Waals surface area (Å²) in [6.07, 6.45) is 2.69. The van der Waals surface area contributed by atoms with Gasteiger partial charge in [-0.05, 0) is 54.7 Å². The molecule has 26 heavy (non-hydrogen) atoms. The van der Waals surface area contributed by atoms with Crippen LogP contribution in [0, 0.1) is 11.7 Å². The van der Waals surface area contributed by atoms with E-state index in [2.05, 4.69) is 10.3 Å². The largest absolute Gasteiger partial charge is 0.393 e. The van der Waals surface area contributed by atoms with Crippen LogP contribution in [0.25, 0.3) is 10.9 Å². The number of aliphatic hydroxyl groups excluding tert-OH is 1. The number of aromatic nitrogens is 1. The van der Waals surface area contributed by atoms with Crippen molar-refractivity contribution in [3.63, 3.8) is 0 Å². The van der Waals surface area contributed by atoms with Gasteiger partial charge in [0.15, 0.2) is 0 Å². The van der Waals surface area contributed by atoms with Crippen LogP contribution in [0.15, 0.2) is 60.8 Å². The summed E-state index contributed by atoms with van der Waals surface area (Å²) in [6.45, 7) is 0. The van der Waals surface area contributed by atoms with E-state index < -0.39 is 5.82 Å². The zero-order valence-corrected chi connectivity index (χ0v) is 14.1. The fourth-order valence-electron chi connectivity index (χ4n) is 3.49. The molecule has 1 saturated carbocycles. The van der Waals surface area contributed by atoms with Crippen LogP contribution in [0.1, 0.15) is 34.8 Å². The second-order valence-corrected chi connectivity index (χ2v) is 6.81. The maximum absolute atomic E-state index is 13.4. The normalized spacial score (nSPS) is 20.4. The molecule has 1 fully saturated rings. The molecule has 132 valence electrons. The highest BCUT2D eigenvalue weighted by molar-refractivity contribution is 5.94.